The van der Waals surface area contributed by atoms with Gasteiger partial charge in [-0.05, 0) is 46.0 Å². The Morgan fingerprint density at radius 2 is 2.27 bits per heavy atom. The molecule has 0 fully saturated rings. The molecule has 0 saturated carbocycles. The van der Waals surface area contributed by atoms with Crippen LogP contribution in [0.15, 0.2) is 22.7 Å². The highest BCUT2D eigenvalue weighted by Crippen LogP contribution is 2.27. The molecule has 0 unspecified atom stereocenters. The predicted molar refractivity (Wildman–Crippen MR) is 71.7 cm³/mol. The number of rotatable bonds is 6. The minimum atomic E-state index is 0.733. The van der Waals surface area contributed by atoms with Crippen LogP contribution in [-0.2, 0) is 0 Å². The van der Waals surface area contributed by atoms with Gasteiger partial charge in [0.1, 0.15) is 5.75 Å². The maximum atomic E-state index is 5.67. The Balaban J connectivity index is 2.33. The molecule has 0 aliphatic rings. The van der Waals surface area contributed by atoms with Crippen LogP contribution < -0.4 is 10.5 Å². The number of anilines is 1. The lowest BCUT2D eigenvalue weighted by Gasteiger charge is -2.08. The third kappa shape index (κ3) is 4.80. The Labute approximate surface area is 104 Å². The van der Waals surface area contributed by atoms with Gasteiger partial charge in [-0.3, -0.25) is 0 Å². The highest BCUT2D eigenvalue weighted by Gasteiger charge is 2.00. The van der Waals surface area contributed by atoms with E-state index >= 15 is 0 Å². The molecule has 1 aromatic carbocycles. The van der Waals surface area contributed by atoms with Gasteiger partial charge in [0.05, 0.1) is 11.1 Å². The molecule has 0 aliphatic carbocycles. The highest BCUT2D eigenvalue weighted by molar-refractivity contribution is 9.10. The second-order valence-electron chi connectivity index (χ2n) is 3.09. The lowest BCUT2D eigenvalue weighted by molar-refractivity contribution is 0.317. The van der Waals surface area contributed by atoms with Crippen molar-refractivity contribution in [3.05, 3.63) is 22.7 Å². The summed E-state index contributed by atoms with van der Waals surface area (Å²) < 4.78 is 6.58. The first-order valence-electron chi connectivity index (χ1n) is 4.99. The van der Waals surface area contributed by atoms with Crippen LogP contribution in [0.3, 0.4) is 0 Å². The number of thioether (sulfide) groups is 1. The molecule has 1 rings (SSSR count). The van der Waals surface area contributed by atoms with Gasteiger partial charge in [-0.15, -0.1) is 0 Å². The Morgan fingerprint density at radius 1 is 1.47 bits per heavy atom. The third-order valence-corrected chi connectivity index (χ3v) is 3.49. The van der Waals surface area contributed by atoms with Crippen LogP contribution in [0.1, 0.15) is 13.3 Å². The van der Waals surface area contributed by atoms with E-state index in [-0.39, 0.29) is 0 Å². The molecule has 84 valence electrons. The molecule has 0 heterocycles. The summed E-state index contributed by atoms with van der Waals surface area (Å²) in [6.07, 6.45) is 1.07. The zero-order valence-corrected chi connectivity index (χ0v) is 11.2. The molecule has 0 radical (unpaired) electrons. The summed E-state index contributed by atoms with van der Waals surface area (Å²) in [6, 6.07) is 5.60. The molecule has 2 nitrogen and oxygen atoms in total. The lowest BCUT2D eigenvalue weighted by atomic mass is 10.3. The first-order valence-corrected chi connectivity index (χ1v) is 6.94. The summed E-state index contributed by atoms with van der Waals surface area (Å²) >= 11 is 5.36. The van der Waals surface area contributed by atoms with Crippen LogP contribution in [-0.4, -0.2) is 18.1 Å². The van der Waals surface area contributed by atoms with Gasteiger partial charge in [0.25, 0.3) is 0 Å². The van der Waals surface area contributed by atoms with Crippen molar-refractivity contribution in [2.45, 2.75) is 13.3 Å². The van der Waals surface area contributed by atoms with Crippen molar-refractivity contribution >= 4 is 33.4 Å². The molecule has 1 aromatic rings. The number of nitrogen functional groups attached to an aromatic ring is 1. The van der Waals surface area contributed by atoms with Crippen molar-refractivity contribution in [2.75, 3.05) is 23.8 Å². The summed E-state index contributed by atoms with van der Waals surface area (Å²) in [5, 5.41) is 0. The molecule has 0 saturated heterocycles. The quantitative estimate of drug-likeness (QED) is 0.643. The minimum Gasteiger partial charge on any atom is -0.492 e. The van der Waals surface area contributed by atoms with Crippen LogP contribution in [0.5, 0.6) is 5.75 Å². The SMILES string of the molecule is CCSCCCOc1cc(N)ccc1Br. The Hall–Kier alpha value is -0.350. The van der Waals surface area contributed by atoms with Crippen molar-refractivity contribution in [2.24, 2.45) is 0 Å². The molecule has 0 aliphatic heterocycles. The van der Waals surface area contributed by atoms with E-state index in [2.05, 4.69) is 22.9 Å². The van der Waals surface area contributed by atoms with E-state index in [0.29, 0.717) is 0 Å². The maximum absolute atomic E-state index is 5.67. The van der Waals surface area contributed by atoms with Gasteiger partial charge in [0.2, 0.25) is 0 Å². The van der Waals surface area contributed by atoms with Crippen molar-refractivity contribution in [1.82, 2.24) is 0 Å². The summed E-state index contributed by atoms with van der Waals surface area (Å²) in [4.78, 5) is 0. The van der Waals surface area contributed by atoms with Crippen LogP contribution in [0, 0.1) is 0 Å². The van der Waals surface area contributed by atoms with Gasteiger partial charge in [0.15, 0.2) is 0 Å². The molecule has 0 aromatic heterocycles. The van der Waals surface area contributed by atoms with E-state index in [1.807, 2.05) is 30.0 Å². The summed E-state index contributed by atoms with van der Waals surface area (Å²) in [7, 11) is 0. The number of ether oxygens (including phenoxy) is 1. The van der Waals surface area contributed by atoms with E-state index in [4.69, 9.17) is 10.5 Å². The van der Waals surface area contributed by atoms with Crippen molar-refractivity contribution in [3.8, 4) is 5.75 Å². The predicted octanol–water partition coefficient (Wildman–Crippen LogP) is 3.55. The van der Waals surface area contributed by atoms with Crippen LogP contribution >= 0.6 is 27.7 Å². The molecule has 0 atom stereocenters. The van der Waals surface area contributed by atoms with Gasteiger partial charge < -0.3 is 10.5 Å². The van der Waals surface area contributed by atoms with Crippen molar-refractivity contribution in [3.63, 3.8) is 0 Å². The molecule has 0 spiro atoms. The number of nitrogens with two attached hydrogens (primary N) is 1. The first kappa shape index (κ1) is 12.7. The summed E-state index contributed by atoms with van der Waals surface area (Å²) in [5.74, 6) is 3.15. The van der Waals surface area contributed by atoms with E-state index in [9.17, 15) is 0 Å². The zero-order chi connectivity index (χ0) is 11.1. The fraction of sp³-hybridized carbons (Fsp3) is 0.455. The van der Waals surface area contributed by atoms with Crippen molar-refractivity contribution < 1.29 is 4.74 Å². The molecule has 4 heteroatoms. The lowest BCUT2D eigenvalue weighted by Crippen LogP contribution is -2.00. The van der Waals surface area contributed by atoms with Crippen LogP contribution in [0.4, 0.5) is 5.69 Å². The average Bonchev–Trinajstić information content (AvgIpc) is 2.23. The van der Waals surface area contributed by atoms with Crippen molar-refractivity contribution in [1.29, 1.82) is 0 Å². The van der Waals surface area contributed by atoms with Gasteiger partial charge >= 0.3 is 0 Å². The molecule has 15 heavy (non-hydrogen) atoms. The Bertz CT molecular complexity index is 307. The van der Waals surface area contributed by atoms with Crippen LogP contribution in [0.2, 0.25) is 0 Å². The summed E-state index contributed by atoms with van der Waals surface area (Å²) in [6.45, 7) is 2.91. The van der Waals surface area contributed by atoms with Gasteiger partial charge in [-0.2, -0.15) is 11.8 Å². The largest absolute Gasteiger partial charge is 0.492 e. The smallest absolute Gasteiger partial charge is 0.135 e. The normalized spacial score (nSPS) is 10.3. The topological polar surface area (TPSA) is 35.2 Å². The van der Waals surface area contributed by atoms with Gasteiger partial charge in [0, 0.05) is 11.8 Å². The zero-order valence-electron chi connectivity index (χ0n) is 8.83. The second-order valence-corrected chi connectivity index (χ2v) is 5.34. The highest BCUT2D eigenvalue weighted by atomic mass is 79.9. The average molecular weight is 290 g/mol. The molecule has 2 N–H and O–H groups in total. The fourth-order valence-electron chi connectivity index (χ4n) is 1.12. The summed E-state index contributed by atoms with van der Waals surface area (Å²) in [5.41, 5.74) is 6.41. The molecule has 0 bridgehead atoms. The Kier molecular flexibility index (Phi) is 5.95. The first-order chi connectivity index (χ1) is 7.24. The molecular formula is C11H16BrNOS. The van der Waals surface area contributed by atoms with Crippen LogP contribution in [0.25, 0.3) is 0 Å². The monoisotopic (exact) mass is 289 g/mol. The van der Waals surface area contributed by atoms with E-state index < -0.39 is 0 Å². The number of hydrogen-bond acceptors (Lipinski definition) is 3. The fourth-order valence-corrected chi connectivity index (χ4v) is 2.09. The maximum Gasteiger partial charge on any atom is 0.135 e. The number of hydrogen-bond donors (Lipinski definition) is 1. The number of halogens is 1. The van der Waals surface area contributed by atoms with E-state index in [1.54, 1.807) is 0 Å². The van der Waals surface area contributed by atoms with E-state index in [1.165, 1.54) is 5.75 Å². The molecular weight excluding hydrogens is 274 g/mol. The van der Waals surface area contributed by atoms with Gasteiger partial charge in [-0.25, -0.2) is 0 Å². The standard InChI is InChI=1S/C11H16BrNOS/c1-2-15-7-3-6-14-11-8-9(13)4-5-10(11)12/h4-5,8H,2-3,6-7,13H2,1H3. The van der Waals surface area contributed by atoms with Gasteiger partial charge in [-0.1, -0.05) is 6.92 Å². The second kappa shape index (κ2) is 7.01. The molecule has 0 amide bonds. The third-order valence-electron chi connectivity index (χ3n) is 1.85. The number of benzene rings is 1. The minimum absolute atomic E-state index is 0.733. The van der Waals surface area contributed by atoms with E-state index in [0.717, 1.165) is 34.7 Å². The Morgan fingerprint density at radius 3 is 3.00 bits per heavy atom.